The standard InChI is InChI=1S/C20H14ClF3N6O2/c1-30(17-7-6-16(21)27-28-17)29-18(31)14-8-15(13-4-2-12(9-25)3-5-13)19(26-10-14)32-11-20(22,23)24/h2-8,10H,11H2,1H3,(H,29,31). The van der Waals surface area contributed by atoms with Crippen LogP contribution in [0.25, 0.3) is 11.1 Å². The Labute approximate surface area is 185 Å². The minimum Gasteiger partial charge on any atom is -0.468 e. The lowest BCUT2D eigenvalue weighted by Gasteiger charge is -2.19. The molecule has 3 aromatic rings. The van der Waals surface area contributed by atoms with Gasteiger partial charge in [0.05, 0.1) is 17.2 Å². The van der Waals surface area contributed by atoms with Crippen molar-refractivity contribution in [3.63, 3.8) is 0 Å². The summed E-state index contributed by atoms with van der Waals surface area (Å²) in [5, 5.41) is 17.9. The fourth-order valence-electron chi connectivity index (χ4n) is 2.53. The molecule has 2 heterocycles. The molecule has 164 valence electrons. The van der Waals surface area contributed by atoms with Gasteiger partial charge in [-0.25, -0.2) is 4.98 Å². The van der Waals surface area contributed by atoms with E-state index in [1.165, 1.54) is 54.5 Å². The van der Waals surface area contributed by atoms with Crippen LogP contribution in [0.3, 0.4) is 0 Å². The van der Waals surface area contributed by atoms with Gasteiger partial charge in [0.2, 0.25) is 5.88 Å². The first-order chi connectivity index (χ1) is 15.2. The van der Waals surface area contributed by atoms with Crippen LogP contribution in [0.15, 0.2) is 48.7 Å². The number of carbonyl (C=O) groups is 1. The van der Waals surface area contributed by atoms with Gasteiger partial charge >= 0.3 is 6.18 Å². The third kappa shape index (κ3) is 5.83. The van der Waals surface area contributed by atoms with Crippen LogP contribution in [0.5, 0.6) is 5.88 Å². The third-order valence-electron chi connectivity index (χ3n) is 4.04. The number of aromatic nitrogens is 3. The molecule has 0 atom stereocenters. The van der Waals surface area contributed by atoms with Crippen molar-refractivity contribution in [2.75, 3.05) is 18.7 Å². The smallest absolute Gasteiger partial charge is 0.422 e. The van der Waals surface area contributed by atoms with Crippen molar-refractivity contribution >= 4 is 23.3 Å². The fourth-order valence-corrected chi connectivity index (χ4v) is 2.64. The number of hydrogen-bond donors (Lipinski definition) is 1. The molecule has 0 aliphatic carbocycles. The van der Waals surface area contributed by atoms with Gasteiger partial charge in [-0.05, 0) is 35.9 Å². The van der Waals surface area contributed by atoms with Crippen molar-refractivity contribution in [2.45, 2.75) is 6.18 Å². The maximum Gasteiger partial charge on any atom is 0.422 e. The van der Waals surface area contributed by atoms with E-state index in [0.717, 1.165) is 6.20 Å². The van der Waals surface area contributed by atoms with E-state index in [0.29, 0.717) is 16.9 Å². The molecule has 0 saturated carbocycles. The average molecular weight is 463 g/mol. The number of nitrogens with one attached hydrogen (secondary N) is 1. The largest absolute Gasteiger partial charge is 0.468 e. The molecular weight excluding hydrogens is 449 g/mol. The van der Waals surface area contributed by atoms with Gasteiger partial charge in [0.15, 0.2) is 17.6 Å². The van der Waals surface area contributed by atoms with Gasteiger partial charge in [-0.3, -0.25) is 15.2 Å². The first kappa shape index (κ1) is 22.8. The van der Waals surface area contributed by atoms with Gasteiger partial charge in [-0.15, -0.1) is 10.2 Å². The number of halogens is 4. The highest BCUT2D eigenvalue weighted by Crippen LogP contribution is 2.30. The Morgan fingerprint density at radius 3 is 2.53 bits per heavy atom. The number of alkyl halides is 3. The lowest BCUT2D eigenvalue weighted by atomic mass is 10.0. The van der Waals surface area contributed by atoms with E-state index >= 15 is 0 Å². The van der Waals surface area contributed by atoms with E-state index in [1.54, 1.807) is 0 Å². The van der Waals surface area contributed by atoms with Crippen molar-refractivity contribution in [1.29, 1.82) is 5.26 Å². The average Bonchev–Trinajstić information content (AvgIpc) is 2.77. The molecule has 0 radical (unpaired) electrons. The molecule has 0 spiro atoms. The van der Waals surface area contributed by atoms with Gasteiger partial charge in [0, 0.05) is 18.8 Å². The Morgan fingerprint density at radius 1 is 1.22 bits per heavy atom. The number of hydrogen-bond acceptors (Lipinski definition) is 7. The van der Waals surface area contributed by atoms with E-state index < -0.39 is 18.7 Å². The highest BCUT2D eigenvalue weighted by atomic mass is 35.5. The van der Waals surface area contributed by atoms with Crippen LogP contribution in [0.1, 0.15) is 15.9 Å². The molecule has 32 heavy (non-hydrogen) atoms. The van der Waals surface area contributed by atoms with Gasteiger partial charge < -0.3 is 4.74 Å². The summed E-state index contributed by atoms with van der Waals surface area (Å²) in [4.78, 5) is 16.6. The number of nitriles is 1. The molecule has 0 aliphatic rings. The molecule has 0 unspecified atom stereocenters. The van der Waals surface area contributed by atoms with Crippen LogP contribution < -0.4 is 15.2 Å². The summed E-state index contributed by atoms with van der Waals surface area (Å²) < 4.78 is 42.7. The molecule has 3 rings (SSSR count). The van der Waals surface area contributed by atoms with Gasteiger partial charge in [-0.1, -0.05) is 23.7 Å². The zero-order chi connectivity index (χ0) is 23.3. The molecule has 12 heteroatoms. The molecule has 0 aliphatic heterocycles. The lowest BCUT2D eigenvalue weighted by Crippen LogP contribution is -2.40. The molecule has 1 N–H and O–H groups in total. The number of amides is 1. The number of nitrogens with zero attached hydrogens (tertiary/aromatic N) is 5. The van der Waals surface area contributed by atoms with E-state index in [2.05, 4.69) is 20.6 Å². The highest BCUT2D eigenvalue weighted by Gasteiger charge is 2.29. The van der Waals surface area contributed by atoms with Crippen molar-refractivity contribution in [3.05, 3.63) is 64.9 Å². The molecule has 8 nitrogen and oxygen atoms in total. The van der Waals surface area contributed by atoms with Crippen LogP contribution in [-0.2, 0) is 0 Å². The molecular formula is C20H14ClF3N6O2. The number of rotatable bonds is 6. The summed E-state index contributed by atoms with van der Waals surface area (Å²) in [7, 11) is 1.52. The molecule has 1 aromatic carbocycles. The fraction of sp³-hybridized carbons (Fsp3) is 0.150. The van der Waals surface area contributed by atoms with Gasteiger partial charge in [0.25, 0.3) is 5.91 Å². The van der Waals surface area contributed by atoms with Crippen LogP contribution in [0.4, 0.5) is 19.0 Å². The number of ether oxygens (including phenoxy) is 1. The predicted molar refractivity (Wildman–Crippen MR) is 109 cm³/mol. The normalized spacial score (nSPS) is 10.9. The van der Waals surface area contributed by atoms with Crippen LogP contribution in [-0.4, -0.2) is 40.9 Å². The number of hydrazine groups is 1. The maximum absolute atomic E-state index is 12.7. The number of pyridine rings is 1. The first-order valence-electron chi connectivity index (χ1n) is 8.90. The van der Waals surface area contributed by atoms with Crippen molar-refractivity contribution in [3.8, 4) is 23.1 Å². The summed E-state index contributed by atoms with van der Waals surface area (Å²) in [6, 6.07) is 12.3. The SMILES string of the molecule is CN(NC(=O)c1cnc(OCC(F)(F)F)c(-c2ccc(C#N)cc2)c1)c1ccc(Cl)nn1. The summed E-state index contributed by atoms with van der Waals surface area (Å²) in [5.74, 6) is -0.609. The van der Waals surface area contributed by atoms with E-state index in [-0.39, 0.29) is 22.2 Å². The van der Waals surface area contributed by atoms with E-state index in [9.17, 15) is 18.0 Å². The van der Waals surface area contributed by atoms with Crippen molar-refractivity contribution in [2.24, 2.45) is 0 Å². The van der Waals surface area contributed by atoms with E-state index in [4.69, 9.17) is 21.6 Å². The Bertz CT molecular complexity index is 1150. The molecule has 2 aromatic heterocycles. The minimum absolute atomic E-state index is 0.0532. The van der Waals surface area contributed by atoms with E-state index in [1.807, 2.05) is 6.07 Å². The Balaban J connectivity index is 1.89. The van der Waals surface area contributed by atoms with Crippen molar-refractivity contribution < 1.29 is 22.7 Å². The summed E-state index contributed by atoms with van der Waals surface area (Å²) >= 11 is 5.69. The number of anilines is 1. The third-order valence-corrected chi connectivity index (χ3v) is 4.24. The Kier molecular flexibility index (Phi) is 6.75. The highest BCUT2D eigenvalue weighted by molar-refractivity contribution is 6.29. The molecule has 1 amide bonds. The summed E-state index contributed by atoms with van der Waals surface area (Å²) in [5.41, 5.74) is 3.53. The zero-order valence-corrected chi connectivity index (χ0v) is 17.1. The second-order valence-electron chi connectivity index (χ2n) is 6.38. The topological polar surface area (TPSA) is 104 Å². The van der Waals surface area contributed by atoms with Crippen LogP contribution in [0, 0.1) is 11.3 Å². The number of benzene rings is 1. The second-order valence-corrected chi connectivity index (χ2v) is 6.77. The Morgan fingerprint density at radius 2 is 1.94 bits per heavy atom. The quantitative estimate of drug-likeness (QED) is 0.556. The first-order valence-corrected chi connectivity index (χ1v) is 9.28. The van der Waals surface area contributed by atoms with Gasteiger partial charge in [-0.2, -0.15) is 18.4 Å². The minimum atomic E-state index is -4.57. The number of carbonyl (C=O) groups excluding carboxylic acids is 1. The predicted octanol–water partition coefficient (Wildman–Crippen LogP) is 3.79. The maximum atomic E-state index is 12.7. The summed E-state index contributed by atoms with van der Waals surface area (Å²) in [6.07, 6.45) is -3.47. The lowest BCUT2D eigenvalue weighted by molar-refractivity contribution is -0.154. The Hall–Kier alpha value is -3.91. The molecule has 0 fully saturated rings. The second kappa shape index (κ2) is 9.49. The molecule has 0 saturated heterocycles. The van der Waals surface area contributed by atoms with Crippen LogP contribution in [0.2, 0.25) is 5.15 Å². The summed E-state index contributed by atoms with van der Waals surface area (Å²) in [6.45, 7) is -1.55. The monoisotopic (exact) mass is 462 g/mol. The van der Waals surface area contributed by atoms with Gasteiger partial charge in [0.1, 0.15) is 0 Å². The van der Waals surface area contributed by atoms with Crippen LogP contribution >= 0.6 is 11.6 Å². The molecule has 0 bridgehead atoms. The van der Waals surface area contributed by atoms with Crippen molar-refractivity contribution in [1.82, 2.24) is 20.6 Å². The zero-order valence-electron chi connectivity index (χ0n) is 16.4.